The highest BCUT2D eigenvalue weighted by atomic mass is 16.8. The summed E-state index contributed by atoms with van der Waals surface area (Å²) in [5.74, 6) is 0. The molecular weight excluding hydrogens is 1140 g/mol. The molecule has 4 aliphatic heterocycles. The van der Waals surface area contributed by atoms with E-state index in [-0.39, 0.29) is 13.2 Å². The molecule has 0 aliphatic carbocycles. The maximum Gasteiger partial charge on any atom is 0.187 e. The van der Waals surface area contributed by atoms with Crippen molar-refractivity contribution in [1.82, 2.24) is 0 Å². The summed E-state index contributed by atoms with van der Waals surface area (Å²) in [6.45, 7) is -0.635. The minimum absolute atomic E-state index is 0.0596. The van der Waals surface area contributed by atoms with Gasteiger partial charge in [0.25, 0.3) is 0 Å². The van der Waals surface area contributed by atoms with E-state index in [4.69, 9.17) is 47.4 Å². The Morgan fingerprint density at radius 3 is 0.744 bits per heavy atom. The molecule has 26 nitrogen and oxygen atoms in total. The van der Waals surface area contributed by atoms with Crippen LogP contribution >= 0.6 is 0 Å². The molecule has 4 heterocycles. The smallest absolute Gasteiger partial charge is 0.187 e. The van der Waals surface area contributed by atoms with Gasteiger partial charge in [-0.3, -0.25) is 0 Å². The molecule has 4 aliphatic rings. The molecule has 0 saturated carbocycles. The van der Waals surface area contributed by atoms with Crippen LogP contribution in [0.4, 0.5) is 0 Å². The summed E-state index contributed by atoms with van der Waals surface area (Å²) >= 11 is 0. The van der Waals surface area contributed by atoms with Gasteiger partial charge in [0.1, 0.15) is 122 Å². The van der Waals surface area contributed by atoms with E-state index in [1.807, 2.05) is 0 Å². The van der Waals surface area contributed by atoms with Crippen LogP contribution in [0.15, 0.2) is 0 Å². The number of hydrogen-bond acceptors (Lipinski definition) is 26. The quantitative estimate of drug-likeness (QED) is 0.0355. The molecule has 0 radical (unpaired) electrons. The van der Waals surface area contributed by atoms with Gasteiger partial charge in [-0.05, 0) is 12.8 Å². The molecule has 510 valence electrons. The van der Waals surface area contributed by atoms with E-state index in [0.29, 0.717) is 25.7 Å². The van der Waals surface area contributed by atoms with Gasteiger partial charge in [-0.1, -0.05) is 168 Å². The molecule has 4 fully saturated rings. The van der Waals surface area contributed by atoms with Crippen LogP contribution in [0.2, 0.25) is 0 Å². The molecular formula is C60H114O26. The third-order valence-corrected chi connectivity index (χ3v) is 17.0. The first kappa shape index (κ1) is 77.4. The highest BCUT2D eigenvalue weighted by Crippen LogP contribution is 2.33. The largest absolute Gasteiger partial charge is 0.394 e. The predicted molar refractivity (Wildman–Crippen MR) is 308 cm³/mol. The fraction of sp³-hybridized carbons (Fsp3) is 1.00. The Kier molecular flexibility index (Phi) is 39.4. The molecule has 86 heavy (non-hydrogen) atoms. The van der Waals surface area contributed by atoms with Gasteiger partial charge < -0.3 is 129 Å². The normalized spacial score (nSPS) is 35.0. The number of unbranched alkanes of at least 4 members (excludes halogenated alkanes) is 24. The Balaban J connectivity index is 1.77. The van der Waals surface area contributed by atoms with Crippen molar-refractivity contribution in [3.63, 3.8) is 0 Å². The van der Waals surface area contributed by atoms with Crippen LogP contribution in [-0.2, 0) is 47.4 Å². The SMILES string of the molecule is CCCCCCCCCCCCCCCO[C@H]([C@@H](OCCCCCCCCCCCCCCC)[C@H](CO[C@@H]1OC(CO)[C@@H](O)[C@H](O)C1O)O[C@@H]1OC(CO)[C@@H](O)[C@H](O)C1O)[C@H](CO[C@@H]1OC(CO)[C@@H](O)[C@H](O)C1O)O[C@@H]1OC(CO)[C@@H](O)[C@H](O)C1O. The Hall–Kier alpha value is -1.04. The van der Waals surface area contributed by atoms with Crippen molar-refractivity contribution in [2.45, 2.75) is 328 Å². The van der Waals surface area contributed by atoms with Gasteiger partial charge in [0.2, 0.25) is 0 Å². The average molecular weight is 1250 g/mol. The minimum Gasteiger partial charge on any atom is -0.394 e. The van der Waals surface area contributed by atoms with E-state index in [2.05, 4.69) is 13.8 Å². The highest BCUT2D eigenvalue weighted by Gasteiger charge is 2.52. The van der Waals surface area contributed by atoms with Crippen molar-refractivity contribution in [3.8, 4) is 0 Å². The number of aliphatic hydroxyl groups is 16. The molecule has 8 unspecified atom stereocenters. The highest BCUT2D eigenvalue weighted by molar-refractivity contribution is 4.96. The van der Waals surface area contributed by atoms with Crippen LogP contribution in [0.5, 0.6) is 0 Å². The fourth-order valence-electron chi connectivity index (χ4n) is 11.4. The Morgan fingerprint density at radius 2 is 0.500 bits per heavy atom. The molecule has 0 spiro atoms. The van der Waals surface area contributed by atoms with E-state index in [9.17, 15) is 81.7 Å². The van der Waals surface area contributed by atoms with Crippen LogP contribution < -0.4 is 0 Å². The van der Waals surface area contributed by atoms with E-state index >= 15 is 0 Å². The molecule has 0 amide bonds. The summed E-state index contributed by atoms with van der Waals surface area (Å²) in [4.78, 5) is 0. The summed E-state index contributed by atoms with van der Waals surface area (Å²) in [5, 5.41) is 172. The second kappa shape index (κ2) is 43.7. The van der Waals surface area contributed by atoms with Gasteiger partial charge in [-0.15, -0.1) is 0 Å². The number of ether oxygens (including phenoxy) is 10. The van der Waals surface area contributed by atoms with Crippen molar-refractivity contribution < 1.29 is 129 Å². The molecule has 26 heteroatoms. The topological polar surface area (TPSA) is 416 Å². The van der Waals surface area contributed by atoms with Crippen molar-refractivity contribution in [2.75, 3.05) is 52.9 Å². The van der Waals surface area contributed by atoms with Crippen LogP contribution in [-0.4, -0.2) is 282 Å². The van der Waals surface area contributed by atoms with Gasteiger partial charge in [0.05, 0.1) is 39.6 Å². The van der Waals surface area contributed by atoms with E-state index in [0.717, 1.165) is 64.2 Å². The van der Waals surface area contributed by atoms with E-state index < -0.39 is 187 Å². The third-order valence-electron chi connectivity index (χ3n) is 17.0. The molecule has 0 aromatic carbocycles. The third kappa shape index (κ3) is 25.1. The Labute approximate surface area is 508 Å². The molecule has 4 rings (SSSR count). The summed E-state index contributed by atoms with van der Waals surface area (Å²) in [6, 6.07) is 0. The first-order chi connectivity index (χ1) is 41.5. The van der Waals surface area contributed by atoms with Crippen LogP contribution in [0, 0.1) is 0 Å². The van der Waals surface area contributed by atoms with Crippen LogP contribution in [0.1, 0.15) is 181 Å². The van der Waals surface area contributed by atoms with Crippen molar-refractivity contribution in [2.24, 2.45) is 0 Å². The fourth-order valence-corrected chi connectivity index (χ4v) is 11.4. The lowest BCUT2D eigenvalue weighted by Crippen LogP contribution is -2.63. The van der Waals surface area contributed by atoms with Crippen molar-refractivity contribution >= 4 is 0 Å². The summed E-state index contributed by atoms with van der Waals surface area (Å²) < 4.78 is 61.9. The molecule has 4 saturated heterocycles. The predicted octanol–water partition coefficient (Wildman–Crippen LogP) is -0.0576. The lowest BCUT2D eigenvalue weighted by molar-refractivity contribution is -0.351. The minimum atomic E-state index is -2.02. The molecule has 24 atom stereocenters. The standard InChI is InChI=1S/C60H114O26/c1-3-5-7-9-11-13-15-17-19-21-23-25-27-29-77-55(41(85-59-53(75)49(71)45(67)39(33-63)83-59)35-79-57-51(73)47(69)43(65)37(31-61)81-57)56(78-30-28-26-24-22-20-18-16-14-12-10-8-6-4-2)42(86-60-54(76)50(72)46(68)40(34-64)84-60)36-80-58-52(74)48(70)44(66)38(32-62)82-58/h37-76H,3-36H2,1-2H3/t37?,38?,39?,40?,41-,42-,43+,44+,45+,46+,47-,48-,49-,50-,51?,52?,53?,54?,55-,56-,57+,58+,59-,60-/m0/s1. The summed E-state index contributed by atoms with van der Waals surface area (Å²) in [6.07, 6.45) is -15.7. The zero-order valence-corrected chi connectivity index (χ0v) is 51.1. The van der Waals surface area contributed by atoms with Gasteiger partial charge in [-0.2, -0.15) is 0 Å². The monoisotopic (exact) mass is 1250 g/mol. The zero-order valence-electron chi connectivity index (χ0n) is 51.1. The van der Waals surface area contributed by atoms with Gasteiger partial charge >= 0.3 is 0 Å². The van der Waals surface area contributed by atoms with E-state index in [1.54, 1.807) is 0 Å². The van der Waals surface area contributed by atoms with Gasteiger partial charge in [0.15, 0.2) is 25.2 Å². The zero-order chi connectivity index (χ0) is 63.0. The van der Waals surface area contributed by atoms with Crippen molar-refractivity contribution in [1.29, 1.82) is 0 Å². The molecule has 0 aromatic rings. The second-order valence-electron chi connectivity index (χ2n) is 24.0. The molecule has 0 aromatic heterocycles. The lowest BCUT2D eigenvalue weighted by Gasteiger charge is -2.46. The summed E-state index contributed by atoms with van der Waals surface area (Å²) in [5.41, 5.74) is 0. The number of rotatable bonds is 47. The molecule has 0 bridgehead atoms. The Morgan fingerprint density at radius 1 is 0.279 bits per heavy atom. The summed E-state index contributed by atoms with van der Waals surface area (Å²) in [7, 11) is 0. The number of aliphatic hydroxyl groups excluding tert-OH is 16. The van der Waals surface area contributed by atoms with Gasteiger partial charge in [-0.25, -0.2) is 0 Å². The lowest BCUT2D eigenvalue weighted by atomic mass is 9.97. The second-order valence-corrected chi connectivity index (χ2v) is 24.0. The first-order valence-corrected chi connectivity index (χ1v) is 32.5. The van der Waals surface area contributed by atoms with Crippen LogP contribution in [0.25, 0.3) is 0 Å². The van der Waals surface area contributed by atoms with Gasteiger partial charge in [0, 0.05) is 13.2 Å². The van der Waals surface area contributed by atoms with E-state index in [1.165, 1.54) is 77.0 Å². The Bertz CT molecular complexity index is 1540. The maximum atomic E-state index is 11.5. The molecule has 16 N–H and O–H groups in total. The number of hydrogen-bond donors (Lipinski definition) is 16. The van der Waals surface area contributed by atoms with Crippen LogP contribution in [0.3, 0.4) is 0 Å². The average Bonchev–Trinajstić information content (AvgIpc) is 1.44. The maximum absolute atomic E-state index is 11.5. The first-order valence-electron chi connectivity index (χ1n) is 32.5. The van der Waals surface area contributed by atoms with Crippen molar-refractivity contribution in [3.05, 3.63) is 0 Å².